The number of rotatable bonds is 22. The van der Waals surface area contributed by atoms with E-state index in [-0.39, 0.29) is 13.0 Å². The van der Waals surface area contributed by atoms with Gasteiger partial charge in [0.15, 0.2) is 0 Å². The van der Waals surface area contributed by atoms with Crippen molar-refractivity contribution in [3.63, 3.8) is 0 Å². The molecule has 0 fully saturated rings. The van der Waals surface area contributed by atoms with Gasteiger partial charge in [0.1, 0.15) is 23.2 Å². The van der Waals surface area contributed by atoms with Gasteiger partial charge < -0.3 is 31.7 Å². The topological polar surface area (TPSA) is 183 Å². The van der Waals surface area contributed by atoms with Crippen molar-refractivity contribution in [2.24, 2.45) is 0 Å². The van der Waals surface area contributed by atoms with Crippen LogP contribution in [-0.4, -0.2) is 59.2 Å². The van der Waals surface area contributed by atoms with Crippen molar-refractivity contribution in [3.05, 3.63) is 215 Å². The lowest BCUT2D eigenvalue weighted by Gasteiger charge is -2.37. The molecule has 5 amide bonds. The summed E-state index contributed by atoms with van der Waals surface area (Å²) in [6.07, 6.45) is 0.320. The average Bonchev–Trinajstić information content (AvgIpc) is 3.34. The number of benzene rings is 6. The third kappa shape index (κ3) is 12.0. The first kappa shape index (κ1) is 47.6. The number of amides is 5. The van der Waals surface area contributed by atoms with Gasteiger partial charge in [-0.1, -0.05) is 188 Å². The monoisotopic (exact) mass is 885 g/mol. The predicted molar refractivity (Wildman–Crippen MR) is 253 cm³/mol. The highest BCUT2D eigenvalue weighted by atomic mass is 16.4. The van der Waals surface area contributed by atoms with Gasteiger partial charge in [0.2, 0.25) is 29.5 Å². The van der Waals surface area contributed by atoms with Crippen LogP contribution in [0, 0.1) is 0 Å². The van der Waals surface area contributed by atoms with Crippen molar-refractivity contribution < 1.29 is 33.9 Å². The molecule has 12 heteroatoms. The van der Waals surface area contributed by atoms with Crippen LogP contribution in [0.4, 0.5) is 0 Å². The van der Waals surface area contributed by atoms with Crippen LogP contribution in [0.15, 0.2) is 182 Å². The molecule has 0 saturated heterocycles. The minimum absolute atomic E-state index is 0.0138. The lowest BCUT2D eigenvalue weighted by Crippen LogP contribution is -2.57. The number of aliphatic carboxylic acids is 1. The third-order valence-corrected chi connectivity index (χ3v) is 11.4. The molecule has 0 radical (unpaired) electrons. The standard InChI is InChI=1S/C54H55N5O7/c1-39(60)56-47(38-49(62)59-54(43-29-15-5-16-30-43,44-31-17-6-18-32-44)45-33-19-7-20-34-45)52(66)57-46(51(65)55-36-22-8-21-35-50(63)64)37-48(61)58-53(40-23-9-2-10-24-40,41-25-11-3-12-26-41)42-27-13-4-14-28-42/h2-7,9-20,23-34,46-47H,8,21-22,35-38H2,1H3,(H,55,65)(H,56,60)(H,57,66)(H,58,61)(H,59,62)(H,63,64)/t46-,47-/m0/s1. The zero-order chi connectivity index (χ0) is 46.8. The minimum Gasteiger partial charge on any atom is -0.481 e. The first-order valence-electron chi connectivity index (χ1n) is 22.0. The van der Waals surface area contributed by atoms with E-state index in [1.165, 1.54) is 6.92 Å². The largest absolute Gasteiger partial charge is 0.481 e. The number of carbonyl (C=O) groups is 6. The molecule has 0 bridgehead atoms. The number of nitrogens with one attached hydrogen (secondary N) is 5. The Bertz CT molecular complexity index is 2330. The highest BCUT2D eigenvalue weighted by Gasteiger charge is 2.41. The van der Waals surface area contributed by atoms with Gasteiger partial charge in [0.25, 0.3) is 0 Å². The second kappa shape index (κ2) is 23.2. The van der Waals surface area contributed by atoms with E-state index in [4.69, 9.17) is 5.11 Å². The summed E-state index contributed by atoms with van der Waals surface area (Å²) in [4.78, 5) is 81.4. The predicted octanol–water partition coefficient (Wildman–Crippen LogP) is 6.73. The number of carboxylic acid groups (broad SMARTS) is 1. The average molecular weight is 886 g/mol. The van der Waals surface area contributed by atoms with Crippen molar-refractivity contribution in [2.45, 2.75) is 68.6 Å². The number of hydrogen-bond acceptors (Lipinski definition) is 6. The van der Waals surface area contributed by atoms with E-state index in [2.05, 4.69) is 26.6 Å². The van der Waals surface area contributed by atoms with E-state index in [1.54, 1.807) is 0 Å². The number of carbonyl (C=O) groups excluding carboxylic acids is 5. The van der Waals surface area contributed by atoms with Crippen LogP contribution in [0.2, 0.25) is 0 Å². The van der Waals surface area contributed by atoms with Crippen LogP contribution in [0.1, 0.15) is 78.8 Å². The minimum atomic E-state index is -1.46. The van der Waals surface area contributed by atoms with Gasteiger partial charge >= 0.3 is 5.97 Å². The molecule has 12 nitrogen and oxygen atoms in total. The summed E-state index contributed by atoms with van der Waals surface area (Å²) in [6.45, 7) is 1.37. The van der Waals surface area contributed by atoms with E-state index in [9.17, 15) is 28.8 Å². The third-order valence-electron chi connectivity index (χ3n) is 11.4. The summed E-state index contributed by atoms with van der Waals surface area (Å²) < 4.78 is 0. The summed E-state index contributed by atoms with van der Waals surface area (Å²) in [7, 11) is 0. The molecule has 6 aromatic carbocycles. The summed E-state index contributed by atoms with van der Waals surface area (Å²) in [6, 6.07) is 53.6. The van der Waals surface area contributed by atoms with Gasteiger partial charge in [-0.05, 0) is 46.2 Å². The molecular formula is C54H55N5O7. The fourth-order valence-electron chi connectivity index (χ4n) is 8.30. The van der Waals surface area contributed by atoms with Crippen LogP contribution in [0.3, 0.4) is 0 Å². The Morgan fingerprint density at radius 3 is 1.06 bits per heavy atom. The maximum Gasteiger partial charge on any atom is 0.303 e. The van der Waals surface area contributed by atoms with Crippen LogP contribution in [-0.2, 0) is 39.8 Å². The summed E-state index contributed by atoms with van der Waals surface area (Å²) in [5.74, 6) is -4.22. The Balaban J connectivity index is 1.31. The molecule has 0 spiro atoms. The first-order valence-corrected chi connectivity index (χ1v) is 22.0. The molecule has 0 aromatic heterocycles. The Labute approximate surface area is 385 Å². The molecule has 6 rings (SSSR count). The second-order valence-electron chi connectivity index (χ2n) is 16.0. The van der Waals surface area contributed by atoms with E-state index < -0.39 is 71.5 Å². The van der Waals surface area contributed by atoms with Crippen LogP contribution >= 0.6 is 0 Å². The van der Waals surface area contributed by atoms with E-state index in [0.717, 1.165) is 33.4 Å². The molecule has 0 aliphatic rings. The molecule has 66 heavy (non-hydrogen) atoms. The Morgan fingerprint density at radius 1 is 0.439 bits per heavy atom. The van der Waals surface area contributed by atoms with Gasteiger partial charge in [-0.15, -0.1) is 0 Å². The first-order chi connectivity index (χ1) is 32.0. The molecule has 6 aromatic rings. The summed E-state index contributed by atoms with van der Waals surface area (Å²) in [5.41, 5.74) is 2.05. The van der Waals surface area contributed by atoms with Crippen LogP contribution in [0.25, 0.3) is 0 Å². The maximum atomic E-state index is 14.6. The second-order valence-corrected chi connectivity index (χ2v) is 16.0. The lowest BCUT2D eigenvalue weighted by molar-refractivity contribution is -0.137. The van der Waals surface area contributed by atoms with Gasteiger partial charge in [-0.2, -0.15) is 0 Å². The highest BCUT2D eigenvalue weighted by molar-refractivity contribution is 5.97. The van der Waals surface area contributed by atoms with E-state index >= 15 is 0 Å². The molecule has 0 unspecified atom stereocenters. The molecule has 338 valence electrons. The maximum absolute atomic E-state index is 14.6. The van der Waals surface area contributed by atoms with Gasteiger partial charge in [-0.3, -0.25) is 28.8 Å². The van der Waals surface area contributed by atoms with Crippen LogP contribution in [0.5, 0.6) is 0 Å². The zero-order valence-electron chi connectivity index (χ0n) is 36.8. The Morgan fingerprint density at radius 2 is 0.758 bits per heavy atom. The fraction of sp³-hybridized carbons (Fsp3) is 0.222. The summed E-state index contributed by atoms with van der Waals surface area (Å²) >= 11 is 0. The molecule has 0 aliphatic carbocycles. The van der Waals surface area contributed by atoms with Crippen molar-refractivity contribution >= 4 is 35.5 Å². The van der Waals surface area contributed by atoms with Crippen molar-refractivity contribution in [1.29, 1.82) is 0 Å². The van der Waals surface area contributed by atoms with Gasteiger partial charge in [0, 0.05) is 19.9 Å². The Hall–Kier alpha value is -7.86. The number of unbranched alkanes of at least 4 members (excludes halogenated alkanes) is 2. The molecule has 6 N–H and O–H groups in total. The van der Waals surface area contributed by atoms with Crippen molar-refractivity contribution in [2.75, 3.05) is 6.54 Å². The van der Waals surface area contributed by atoms with Crippen LogP contribution < -0.4 is 26.6 Å². The molecular weight excluding hydrogens is 831 g/mol. The summed E-state index contributed by atoms with van der Waals surface area (Å²) in [5, 5.41) is 23.6. The molecule has 0 aliphatic heterocycles. The van der Waals surface area contributed by atoms with E-state index in [0.29, 0.717) is 19.3 Å². The molecule has 0 saturated carbocycles. The lowest BCUT2D eigenvalue weighted by atomic mass is 9.77. The van der Waals surface area contributed by atoms with Gasteiger partial charge in [-0.25, -0.2) is 0 Å². The van der Waals surface area contributed by atoms with E-state index in [1.807, 2.05) is 182 Å². The molecule has 2 atom stereocenters. The fourth-order valence-corrected chi connectivity index (χ4v) is 8.30. The highest BCUT2D eigenvalue weighted by Crippen LogP contribution is 2.38. The normalized spacial score (nSPS) is 12.1. The van der Waals surface area contributed by atoms with Crippen molar-refractivity contribution in [3.8, 4) is 0 Å². The smallest absolute Gasteiger partial charge is 0.303 e. The van der Waals surface area contributed by atoms with Gasteiger partial charge in [0.05, 0.1) is 12.8 Å². The Kier molecular flexibility index (Phi) is 16.7. The molecule has 0 heterocycles. The van der Waals surface area contributed by atoms with Crippen molar-refractivity contribution in [1.82, 2.24) is 26.6 Å². The number of carboxylic acids is 1. The number of hydrogen-bond donors (Lipinski definition) is 6. The SMILES string of the molecule is CC(=O)N[C@@H](CC(=O)NC(c1ccccc1)(c1ccccc1)c1ccccc1)C(=O)N[C@@H](CC(=O)NC(c1ccccc1)(c1ccccc1)c1ccccc1)C(=O)NCCCCCC(=O)O. The zero-order valence-corrected chi connectivity index (χ0v) is 36.8. The quantitative estimate of drug-likeness (QED) is 0.0323.